The first-order chi connectivity index (χ1) is 7.05. The Morgan fingerprint density at radius 3 is 1.87 bits per heavy atom. The molecule has 0 atom stereocenters. The second kappa shape index (κ2) is 6.72. The van der Waals surface area contributed by atoms with Crippen LogP contribution in [0.3, 0.4) is 0 Å². The first kappa shape index (κ1) is 14.3. The second-order valence-corrected chi connectivity index (χ2v) is 8.61. The maximum atomic E-state index is 6.11. The monoisotopic (exact) mass is 228 g/mol. The summed E-state index contributed by atoms with van der Waals surface area (Å²) in [5.74, 6) is 0.655. The molecular weight excluding hydrogens is 204 g/mol. The fourth-order valence-corrected chi connectivity index (χ4v) is 4.06. The van der Waals surface area contributed by atoms with E-state index in [1.54, 1.807) is 0 Å². The minimum atomic E-state index is -1.61. The molecule has 0 bridgehead atoms. The van der Waals surface area contributed by atoms with E-state index in [9.17, 15) is 0 Å². The number of ether oxygens (including phenoxy) is 1. The lowest BCUT2D eigenvalue weighted by Gasteiger charge is -2.29. The number of hydrogen-bond acceptors (Lipinski definition) is 2. The Morgan fingerprint density at radius 1 is 1.13 bits per heavy atom. The zero-order valence-corrected chi connectivity index (χ0v) is 11.7. The summed E-state index contributed by atoms with van der Waals surface area (Å²) in [6.45, 7) is 14.2. The highest BCUT2D eigenvalue weighted by Gasteiger charge is 2.32. The third-order valence-electron chi connectivity index (χ3n) is 2.84. The lowest BCUT2D eigenvalue weighted by atomic mass is 10.4. The molecule has 0 N–H and O–H groups in total. The van der Waals surface area contributed by atoms with Crippen molar-refractivity contribution in [2.45, 2.75) is 52.8 Å². The van der Waals surface area contributed by atoms with Crippen molar-refractivity contribution in [2.24, 2.45) is 0 Å². The van der Waals surface area contributed by atoms with Crippen LogP contribution in [0.5, 0.6) is 0 Å². The molecule has 0 rings (SSSR count). The largest absolute Gasteiger partial charge is 0.519 e. The van der Waals surface area contributed by atoms with Gasteiger partial charge in [-0.3, -0.25) is 0 Å². The van der Waals surface area contributed by atoms with Crippen molar-refractivity contribution >= 4 is 8.32 Å². The number of rotatable bonds is 7. The minimum absolute atomic E-state index is 0.655. The topological polar surface area (TPSA) is 18.5 Å². The number of allylic oxidation sites excluding steroid dienone is 1. The smallest absolute Gasteiger partial charge is 0.268 e. The van der Waals surface area contributed by atoms with Gasteiger partial charge in [0.25, 0.3) is 14.3 Å². The van der Waals surface area contributed by atoms with Crippen molar-refractivity contribution in [1.29, 1.82) is 0 Å². The van der Waals surface area contributed by atoms with Crippen molar-refractivity contribution in [1.82, 2.24) is 0 Å². The summed E-state index contributed by atoms with van der Waals surface area (Å²) in [6, 6.07) is 3.37. The molecule has 0 spiro atoms. The quantitative estimate of drug-likeness (QED) is 0.474. The highest BCUT2D eigenvalue weighted by Crippen LogP contribution is 2.26. The minimum Gasteiger partial charge on any atom is -0.519 e. The summed E-state index contributed by atoms with van der Waals surface area (Å²) in [5, 5.41) is 0. The molecule has 0 aliphatic rings. The van der Waals surface area contributed by atoms with E-state index >= 15 is 0 Å². The van der Waals surface area contributed by atoms with Gasteiger partial charge < -0.3 is 9.16 Å². The van der Waals surface area contributed by atoms with Gasteiger partial charge in [-0.15, -0.1) is 0 Å². The van der Waals surface area contributed by atoms with Gasteiger partial charge in [0.2, 0.25) is 0 Å². The Bertz CT molecular complexity index is 218. The molecule has 3 heteroatoms. The van der Waals surface area contributed by atoms with Crippen LogP contribution in [0.2, 0.25) is 18.1 Å². The fourth-order valence-electron chi connectivity index (χ4n) is 1.48. The second-order valence-electron chi connectivity index (χ2n) is 3.92. The zero-order chi connectivity index (χ0) is 11.9. The Kier molecular flexibility index (Phi) is 6.41. The summed E-state index contributed by atoms with van der Waals surface area (Å²) < 4.78 is 11.4. The van der Waals surface area contributed by atoms with E-state index in [0.717, 1.165) is 23.7 Å². The number of hydrogen-bond donors (Lipinski definition) is 0. The molecule has 0 aromatic rings. The van der Waals surface area contributed by atoms with Crippen LogP contribution in [0.15, 0.2) is 24.4 Å². The van der Waals surface area contributed by atoms with E-state index in [4.69, 9.17) is 9.16 Å². The van der Waals surface area contributed by atoms with Gasteiger partial charge in [0.05, 0.1) is 6.26 Å². The third-order valence-corrected chi connectivity index (χ3v) is 7.33. The molecule has 0 heterocycles. The van der Waals surface area contributed by atoms with Gasteiger partial charge in [0.15, 0.2) is 0 Å². The van der Waals surface area contributed by atoms with Gasteiger partial charge in [-0.25, -0.2) is 0 Å². The summed E-state index contributed by atoms with van der Waals surface area (Å²) in [4.78, 5) is 0. The first-order valence-electron chi connectivity index (χ1n) is 5.69. The van der Waals surface area contributed by atoms with E-state index in [0.29, 0.717) is 5.95 Å². The van der Waals surface area contributed by atoms with Crippen LogP contribution in [0, 0.1) is 0 Å². The van der Waals surface area contributed by atoms with Crippen LogP contribution in [0.4, 0.5) is 0 Å². The zero-order valence-electron chi connectivity index (χ0n) is 10.7. The summed E-state index contributed by atoms with van der Waals surface area (Å²) in [7, 11) is -1.61. The van der Waals surface area contributed by atoms with E-state index in [1.165, 1.54) is 6.26 Å². The molecule has 0 aliphatic carbocycles. The predicted octanol–water partition coefficient (Wildman–Crippen LogP) is 4.42. The van der Waals surface area contributed by atoms with Crippen LogP contribution in [-0.2, 0) is 9.16 Å². The van der Waals surface area contributed by atoms with E-state index in [-0.39, 0.29) is 0 Å². The van der Waals surface area contributed by atoms with Gasteiger partial charge in [0.1, 0.15) is 0 Å². The standard InChI is InChI=1S/C12H24O2Si/c1-7-13-12(11(5)6)14-15(8-2,9-3)10-4/h7H,1,8-10H2,2-6H3. The van der Waals surface area contributed by atoms with Crippen molar-refractivity contribution in [2.75, 3.05) is 0 Å². The molecule has 0 unspecified atom stereocenters. The fraction of sp³-hybridized carbons (Fsp3) is 0.667. The van der Waals surface area contributed by atoms with E-state index in [2.05, 4.69) is 27.4 Å². The molecule has 0 fully saturated rings. The van der Waals surface area contributed by atoms with Crippen LogP contribution < -0.4 is 0 Å². The average molecular weight is 228 g/mol. The van der Waals surface area contributed by atoms with Crippen LogP contribution in [0.25, 0.3) is 0 Å². The van der Waals surface area contributed by atoms with Crippen molar-refractivity contribution in [3.8, 4) is 0 Å². The molecule has 88 valence electrons. The predicted molar refractivity (Wildman–Crippen MR) is 67.9 cm³/mol. The Morgan fingerprint density at radius 2 is 1.60 bits per heavy atom. The van der Waals surface area contributed by atoms with E-state index < -0.39 is 8.32 Å². The van der Waals surface area contributed by atoms with Crippen LogP contribution in [0.1, 0.15) is 34.6 Å². The van der Waals surface area contributed by atoms with Crippen LogP contribution >= 0.6 is 0 Å². The molecule has 0 aromatic heterocycles. The lowest BCUT2D eigenvalue weighted by molar-refractivity contribution is 0.171. The Labute approximate surface area is 95.1 Å². The molecule has 0 aliphatic heterocycles. The SMILES string of the molecule is C=COC(O[Si](CC)(CC)CC)=C(C)C. The maximum absolute atomic E-state index is 6.11. The van der Waals surface area contributed by atoms with Crippen molar-refractivity contribution in [3.63, 3.8) is 0 Å². The molecule has 0 amide bonds. The molecular formula is C12H24O2Si. The van der Waals surface area contributed by atoms with Crippen molar-refractivity contribution in [3.05, 3.63) is 24.4 Å². The van der Waals surface area contributed by atoms with E-state index in [1.807, 2.05) is 13.8 Å². The summed E-state index contributed by atoms with van der Waals surface area (Å²) >= 11 is 0. The van der Waals surface area contributed by atoms with Gasteiger partial charge >= 0.3 is 0 Å². The maximum Gasteiger partial charge on any atom is 0.268 e. The van der Waals surface area contributed by atoms with Crippen molar-refractivity contribution < 1.29 is 9.16 Å². The molecule has 0 aromatic carbocycles. The van der Waals surface area contributed by atoms with Gasteiger partial charge in [0, 0.05) is 5.57 Å². The molecule has 0 saturated carbocycles. The Hall–Kier alpha value is -0.703. The van der Waals surface area contributed by atoms with Gasteiger partial charge in [-0.1, -0.05) is 27.4 Å². The molecule has 0 radical (unpaired) electrons. The Balaban J connectivity index is 4.77. The van der Waals surface area contributed by atoms with Crippen LogP contribution in [-0.4, -0.2) is 8.32 Å². The normalized spacial score (nSPS) is 10.7. The van der Waals surface area contributed by atoms with Gasteiger partial charge in [-0.2, -0.15) is 0 Å². The average Bonchev–Trinajstić information content (AvgIpc) is 2.24. The summed E-state index contributed by atoms with van der Waals surface area (Å²) in [5.41, 5.74) is 1.07. The summed E-state index contributed by atoms with van der Waals surface area (Å²) in [6.07, 6.45) is 1.43. The highest BCUT2D eigenvalue weighted by atomic mass is 28.4. The lowest BCUT2D eigenvalue weighted by Crippen LogP contribution is -2.35. The van der Waals surface area contributed by atoms with Gasteiger partial charge in [-0.05, 0) is 32.0 Å². The third kappa shape index (κ3) is 4.12. The molecule has 15 heavy (non-hydrogen) atoms. The first-order valence-corrected chi connectivity index (χ1v) is 8.22. The highest BCUT2D eigenvalue weighted by molar-refractivity contribution is 6.73. The molecule has 0 saturated heterocycles. The molecule has 2 nitrogen and oxygen atoms in total.